The molecule has 0 atom stereocenters. The summed E-state index contributed by atoms with van der Waals surface area (Å²) < 4.78 is 0. The fourth-order valence-corrected chi connectivity index (χ4v) is 1.52. The van der Waals surface area contributed by atoms with Gasteiger partial charge in [-0.3, -0.25) is 4.90 Å². The van der Waals surface area contributed by atoms with E-state index in [0.29, 0.717) is 13.1 Å². The average Bonchev–Trinajstić information content (AvgIpc) is 2.46. The summed E-state index contributed by atoms with van der Waals surface area (Å²) in [6.45, 7) is 0.796. The van der Waals surface area contributed by atoms with Gasteiger partial charge in [0.25, 0.3) is 0 Å². The summed E-state index contributed by atoms with van der Waals surface area (Å²) in [6, 6.07) is 4.94. The predicted octanol–water partition coefficient (Wildman–Crippen LogP) is 1.39. The monoisotopic (exact) mass is 179 g/mol. The molecule has 0 aliphatic carbocycles. The van der Waals surface area contributed by atoms with Crippen LogP contribution in [0.4, 0.5) is 4.79 Å². The molecule has 1 heterocycles. The number of phenols is 1. The number of amides is 1. The van der Waals surface area contributed by atoms with E-state index >= 15 is 0 Å². The van der Waals surface area contributed by atoms with Crippen LogP contribution in [0.5, 0.6) is 5.75 Å². The molecule has 4 nitrogen and oxygen atoms in total. The van der Waals surface area contributed by atoms with Crippen LogP contribution in [0.3, 0.4) is 0 Å². The number of hydrogen-bond donors (Lipinski definition) is 2. The highest BCUT2D eigenvalue weighted by Crippen LogP contribution is 2.25. The summed E-state index contributed by atoms with van der Waals surface area (Å²) in [5.74, 6) is 0.186. The van der Waals surface area contributed by atoms with Gasteiger partial charge >= 0.3 is 6.09 Å². The Bertz CT molecular complexity index is 362. The van der Waals surface area contributed by atoms with Crippen molar-refractivity contribution in [2.45, 2.75) is 13.1 Å². The highest BCUT2D eigenvalue weighted by atomic mass is 16.4. The minimum absolute atomic E-state index is 0.186. The fourth-order valence-electron chi connectivity index (χ4n) is 1.52. The molecule has 2 N–H and O–H groups in total. The lowest BCUT2D eigenvalue weighted by Gasteiger charge is -2.08. The molecular weight excluding hydrogens is 170 g/mol. The molecule has 2 rings (SSSR count). The highest BCUT2D eigenvalue weighted by molar-refractivity contribution is 5.66. The number of fused-ring (bicyclic) bond motifs is 1. The molecule has 1 aromatic carbocycles. The van der Waals surface area contributed by atoms with Crippen molar-refractivity contribution in [2.75, 3.05) is 0 Å². The first kappa shape index (κ1) is 7.91. The molecule has 13 heavy (non-hydrogen) atoms. The summed E-state index contributed by atoms with van der Waals surface area (Å²) in [4.78, 5) is 11.9. The molecule has 0 saturated carbocycles. The molecule has 0 spiro atoms. The van der Waals surface area contributed by atoms with Gasteiger partial charge in [-0.2, -0.15) is 0 Å². The summed E-state index contributed by atoms with van der Waals surface area (Å²) in [5.41, 5.74) is 1.86. The normalized spacial score (nSPS) is 14.3. The van der Waals surface area contributed by atoms with Crippen molar-refractivity contribution in [3.8, 4) is 5.75 Å². The van der Waals surface area contributed by atoms with Crippen molar-refractivity contribution in [3.05, 3.63) is 29.3 Å². The summed E-state index contributed by atoms with van der Waals surface area (Å²) >= 11 is 0. The Hall–Kier alpha value is -1.71. The van der Waals surface area contributed by atoms with Crippen LogP contribution in [0.2, 0.25) is 0 Å². The Morgan fingerprint density at radius 1 is 1.31 bits per heavy atom. The highest BCUT2D eigenvalue weighted by Gasteiger charge is 2.22. The van der Waals surface area contributed by atoms with Crippen LogP contribution in [0, 0.1) is 0 Å². The van der Waals surface area contributed by atoms with Crippen LogP contribution in [0.25, 0.3) is 0 Å². The molecular formula is C9H9NO3. The van der Waals surface area contributed by atoms with Gasteiger partial charge in [-0.05, 0) is 23.3 Å². The quantitative estimate of drug-likeness (QED) is 0.632. The number of hydrogen-bond acceptors (Lipinski definition) is 2. The topological polar surface area (TPSA) is 60.8 Å². The number of nitrogens with zero attached hydrogens (tertiary/aromatic N) is 1. The first-order valence-corrected chi connectivity index (χ1v) is 3.95. The lowest BCUT2D eigenvalue weighted by atomic mass is 10.1. The van der Waals surface area contributed by atoms with E-state index in [1.165, 1.54) is 4.90 Å². The first-order chi connectivity index (χ1) is 6.16. The molecule has 4 heteroatoms. The van der Waals surface area contributed by atoms with E-state index in [1.54, 1.807) is 18.2 Å². The molecule has 0 fully saturated rings. The third-order valence-electron chi connectivity index (χ3n) is 2.18. The summed E-state index contributed by atoms with van der Waals surface area (Å²) in [5, 5.41) is 17.9. The predicted molar refractivity (Wildman–Crippen MR) is 45.4 cm³/mol. The molecule has 0 radical (unpaired) electrons. The van der Waals surface area contributed by atoms with Gasteiger partial charge in [0.2, 0.25) is 0 Å². The summed E-state index contributed by atoms with van der Waals surface area (Å²) in [6.07, 6.45) is -0.921. The van der Waals surface area contributed by atoms with E-state index in [-0.39, 0.29) is 5.75 Å². The third-order valence-corrected chi connectivity index (χ3v) is 2.18. The Kier molecular flexibility index (Phi) is 1.62. The average molecular weight is 179 g/mol. The molecule has 68 valence electrons. The van der Waals surface area contributed by atoms with Gasteiger partial charge in [-0.25, -0.2) is 4.79 Å². The molecule has 1 aliphatic rings. The minimum atomic E-state index is -0.921. The van der Waals surface area contributed by atoms with Crippen molar-refractivity contribution in [1.29, 1.82) is 0 Å². The number of phenolic OH excluding ortho intramolecular Hbond substituents is 1. The number of rotatable bonds is 0. The van der Waals surface area contributed by atoms with Crippen molar-refractivity contribution >= 4 is 6.09 Å². The number of carboxylic acid groups (broad SMARTS) is 1. The Labute approximate surface area is 75.0 Å². The second kappa shape index (κ2) is 2.65. The summed E-state index contributed by atoms with van der Waals surface area (Å²) in [7, 11) is 0. The zero-order valence-corrected chi connectivity index (χ0v) is 6.90. The minimum Gasteiger partial charge on any atom is -0.508 e. The molecule has 0 unspecified atom stereocenters. The van der Waals surface area contributed by atoms with Crippen molar-refractivity contribution < 1.29 is 15.0 Å². The third kappa shape index (κ3) is 1.30. The van der Waals surface area contributed by atoms with Crippen molar-refractivity contribution in [2.24, 2.45) is 0 Å². The standard InChI is InChI=1S/C9H9NO3/c11-8-2-1-6-4-10(9(12)13)5-7(6)3-8/h1-3,11H,4-5H2,(H,12,13). The smallest absolute Gasteiger partial charge is 0.407 e. The Morgan fingerprint density at radius 2 is 2.00 bits per heavy atom. The maximum absolute atomic E-state index is 10.6. The van der Waals surface area contributed by atoms with Gasteiger partial charge in [0.05, 0.1) is 0 Å². The van der Waals surface area contributed by atoms with E-state index < -0.39 is 6.09 Å². The van der Waals surface area contributed by atoms with E-state index in [0.717, 1.165) is 11.1 Å². The van der Waals surface area contributed by atoms with Gasteiger partial charge < -0.3 is 10.2 Å². The SMILES string of the molecule is O=C(O)N1Cc2ccc(O)cc2C1. The van der Waals surface area contributed by atoms with E-state index in [1.807, 2.05) is 0 Å². The van der Waals surface area contributed by atoms with Gasteiger partial charge in [-0.1, -0.05) is 6.07 Å². The molecule has 0 saturated heterocycles. The zero-order valence-electron chi connectivity index (χ0n) is 6.90. The van der Waals surface area contributed by atoms with Crippen LogP contribution < -0.4 is 0 Å². The Morgan fingerprint density at radius 3 is 2.69 bits per heavy atom. The van der Waals surface area contributed by atoms with Crippen molar-refractivity contribution in [1.82, 2.24) is 4.90 Å². The largest absolute Gasteiger partial charge is 0.508 e. The van der Waals surface area contributed by atoms with Gasteiger partial charge in [0.15, 0.2) is 0 Å². The second-order valence-electron chi connectivity index (χ2n) is 3.09. The van der Waals surface area contributed by atoms with E-state index in [2.05, 4.69) is 0 Å². The van der Waals surface area contributed by atoms with Crippen LogP contribution in [-0.4, -0.2) is 21.2 Å². The molecule has 1 aromatic rings. The number of aromatic hydroxyl groups is 1. The molecule has 1 aliphatic heterocycles. The second-order valence-corrected chi connectivity index (χ2v) is 3.09. The van der Waals surface area contributed by atoms with Gasteiger partial charge in [0.1, 0.15) is 5.75 Å². The van der Waals surface area contributed by atoms with Crippen molar-refractivity contribution in [3.63, 3.8) is 0 Å². The molecule has 0 aromatic heterocycles. The molecule has 1 amide bonds. The van der Waals surface area contributed by atoms with E-state index in [9.17, 15) is 4.79 Å². The van der Waals surface area contributed by atoms with Crippen LogP contribution in [0.1, 0.15) is 11.1 Å². The number of carbonyl (C=O) groups is 1. The van der Waals surface area contributed by atoms with Gasteiger partial charge in [-0.15, -0.1) is 0 Å². The fraction of sp³-hybridized carbons (Fsp3) is 0.222. The first-order valence-electron chi connectivity index (χ1n) is 3.95. The van der Waals surface area contributed by atoms with Crippen LogP contribution in [-0.2, 0) is 13.1 Å². The maximum atomic E-state index is 10.6. The Balaban J connectivity index is 2.30. The van der Waals surface area contributed by atoms with Gasteiger partial charge in [0, 0.05) is 13.1 Å². The van der Waals surface area contributed by atoms with Crippen LogP contribution >= 0.6 is 0 Å². The van der Waals surface area contributed by atoms with Crippen LogP contribution in [0.15, 0.2) is 18.2 Å². The number of benzene rings is 1. The molecule has 0 bridgehead atoms. The zero-order chi connectivity index (χ0) is 9.42. The van der Waals surface area contributed by atoms with E-state index in [4.69, 9.17) is 10.2 Å². The maximum Gasteiger partial charge on any atom is 0.407 e. The lowest BCUT2D eigenvalue weighted by Crippen LogP contribution is -2.22. The lowest BCUT2D eigenvalue weighted by molar-refractivity contribution is 0.145.